The van der Waals surface area contributed by atoms with Gasteiger partial charge in [-0.25, -0.2) is 0 Å². The summed E-state index contributed by atoms with van der Waals surface area (Å²) < 4.78 is 0. The number of hydrogen-bond donors (Lipinski definition) is 1. The molecule has 0 aromatic carbocycles. The van der Waals surface area contributed by atoms with Crippen LogP contribution in [-0.4, -0.2) is 18.9 Å². The summed E-state index contributed by atoms with van der Waals surface area (Å²) in [5, 5.41) is 3.39. The highest BCUT2D eigenvalue weighted by Gasteiger charge is 2.55. The number of Topliss-reactive ketones (excluding diaryl/α,β-unsaturated/α-hetero) is 1. The first-order chi connectivity index (χ1) is 5.75. The molecule has 2 unspecified atom stereocenters. The van der Waals surface area contributed by atoms with E-state index in [1.165, 1.54) is 25.7 Å². The van der Waals surface area contributed by atoms with Crippen molar-refractivity contribution < 1.29 is 4.79 Å². The van der Waals surface area contributed by atoms with Crippen molar-refractivity contribution in [2.24, 2.45) is 11.3 Å². The van der Waals surface area contributed by atoms with Crippen molar-refractivity contribution >= 4 is 5.78 Å². The molecule has 2 rings (SSSR count). The summed E-state index contributed by atoms with van der Waals surface area (Å²) >= 11 is 0. The molecule has 2 nitrogen and oxygen atoms in total. The van der Waals surface area contributed by atoms with E-state index in [1.54, 1.807) is 6.92 Å². The molecule has 2 aliphatic rings. The second-order valence-corrected chi connectivity index (χ2v) is 4.33. The molecule has 0 amide bonds. The molecule has 0 aromatic heterocycles. The Morgan fingerprint density at radius 3 is 2.92 bits per heavy atom. The minimum atomic E-state index is 0.414. The summed E-state index contributed by atoms with van der Waals surface area (Å²) in [5.41, 5.74) is 0.440. The van der Waals surface area contributed by atoms with Gasteiger partial charge < -0.3 is 5.32 Å². The van der Waals surface area contributed by atoms with Gasteiger partial charge in [0.15, 0.2) is 0 Å². The summed E-state index contributed by atoms with van der Waals surface area (Å²) in [4.78, 5) is 11.2. The second-order valence-electron chi connectivity index (χ2n) is 4.33. The van der Waals surface area contributed by atoms with Gasteiger partial charge in [-0.1, -0.05) is 0 Å². The van der Waals surface area contributed by atoms with Crippen LogP contribution in [0.1, 0.15) is 32.6 Å². The number of carbonyl (C=O) groups is 1. The molecule has 1 spiro atoms. The number of carbonyl (C=O) groups excluding carboxylic acids is 1. The SMILES string of the molecule is CC(=O)C1CC12CCCNCC2. The highest BCUT2D eigenvalue weighted by Crippen LogP contribution is 2.59. The largest absolute Gasteiger partial charge is 0.317 e. The molecule has 2 atom stereocenters. The number of ketones is 1. The van der Waals surface area contributed by atoms with E-state index in [1.807, 2.05) is 0 Å². The molecular formula is C10H17NO. The second kappa shape index (κ2) is 2.84. The van der Waals surface area contributed by atoms with Crippen LogP contribution in [0.25, 0.3) is 0 Å². The standard InChI is InChI=1S/C10H17NO/c1-8(12)9-7-10(9)3-2-5-11-6-4-10/h9,11H,2-7H2,1H3. The van der Waals surface area contributed by atoms with E-state index in [-0.39, 0.29) is 0 Å². The van der Waals surface area contributed by atoms with Gasteiger partial charge in [0, 0.05) is 5.92 Å². The van der Waals surface area contributed by atoms with Crippen molar-refractivity contribution in [1.29, 1.82) is 0 Å². The fourth-order valence-electron chi connectivity index (χ4n) is 2.63. The van der Waals surface area contributed by atoms with E-state index < -0.39 is 0 Å². The topological polar surface area (TPSA) is 29.1 Å². The average Bonchev–Trinajstić information content (AvgIpc) is 2.77. The third-order valence-electron chi connectivity index (χ3n) is 3.51. The van der Waals surface area contributed by atoms with E-state index in [2.05, 4.69) is 5.32 Å². The van der Waals surface area contributed by atoms with Crippen molar-refractivity contribution in [1.82, 2.24) is 5.32 Å². The first-order valence-electron chi connectivity index (χ1n) is 4.96. The van der Waals surface area contributed by atoms with Crippen molar-refractivity contribution in [2.75, 3.05) is 13.1 Å². The van der Waals surface area contributed by atoms with Gasteiger partial charge in [0.05, 0.1) is 0 Å². The van der Waals surface area contributed by atoms with E-state index in [4.69, 9.17) is 0 Å². The molecule has 1 saturated heterocycles. The summed E-state index contributed by atoms with van der Waals surface area (Å²) in [6, 6.07) is 0. The Balaban J connectivity index is 1.98. The molecule has 1 saturated carbocycles. The van der Waals surface area contributed by atoms with Gasteiger partial charge in [0.2, 0.25) is 0 Å². The Morgan fingerprint density at radius 2 is 2.25 bits per heavy atom. The minimum absolute atomic E-state index is 0.414. The maximum absolute atomic E-state index is 11.2. The van der Waals surface area contributed by atoms with Crippen LogP contribution in [0.15, 0.2) is 0 Å². The smallest absolute Gasteiger partial charge is 0.133 e. The van der Waals surface area contributed by atoms with Gasteiger partial charge in [0.25, 0.3) is 0 Å². The summed E-state index contributed by atoms with van der Waals surface area (Å²) in [7, 11) is 0. The Labute approximate surface area is 73.7 Å². The number of rotatable bonds is 1. The van der Waals surface area contributed by atoms with Crippen LogP contribution in [0.5, 0.6) is 0 Å². The quantitative estimate of drug-likeness (QED) is 0.639. The average molecular weight is 167 g/mol. The van der Waals surface area contributed by atoms with E-state index in [0.29, 0.717) is 17.1 Å². The molecule has 0 aromatic rings. The van der Waals surface area contributed by atoms with Crippen molar-refractivity contribution in [3.63, 3.8) is 0 Å². The molecule has 1 heterocycles. The molecule has 12 heavy (non-hydrogen) atoms. The van der Waals surface area contributed by atoms with Crippen molar-refractivity contribution in [2.45, 2.75) is 32.6 Å². The molecule has 0 bridgehead atoms. The van der Waals surface area contributed by atoms with E-state index >= 15 is 0 Å². The summed E-state index contributed by atoms with van der Waals surface area (Å²) in [5.74, 6) is 0.828. The van der Waals surface area contributed by atoms with Crippen LogP contribution >= 0.6 is 0 Å². The lowest BCUT2D eigenvalue weighted by Gasteiger charge is -2.11. The lowest BCUT2D eigenvalue weighted by Crippen LogP contribution is -2.15. The monoisotopic (exact) mass is 167 g/mol. The predicted octanol–water partition coefficient (Wildman–Crippen LogP) is 1.36. The number of nitrogens with one attached hydrogen (secondary N) is 1. The van der Waals surface area contributed by atoms with Gasteiger partial charge in [0.1, 0.15) is 5.78 Å². The highest BCUT2D eigenvalue weighted by molar-refractivity contribution is 5.82. The molecular weight excluding hydrogens is 150 g/mol. The van der Waals surface area contributed by atoms with E-state index in [9.17, 15) is 4.79 Å². The highest BCUT2D eigenvalue weighted by atomic mass is 16.1. The lowest BCUT2D eigenvalue weighted by molar-refractivity contribution is -0.119. The minimum Gasteiger partial charge on any atom is -0.317 e. The zero-order valence-corrected chi connectivity index (χ0v) is 7.73. The zero-order valence-electron chi connectivity index (χ0n) is 7.73. The van der Waals surface area contributed by atoms with Gasteiger partial charge in [-0.2, -0.15) is 0 Å². The first-order valence-corrected chi connectivity index (χ1v) is 4.96. The van der Waals surface area contributed by atoms with Crippen LogP contribution in [0.3, 0.4) is 0 Å². The van der Waals surface area contributed by atoms with Gasteiger partial charge >= 0.3 is 0 Å². The van der Waals surface area contributed by atoms with Gasteiger partial charge in [-0.05, 0) is 51.1 Å². The Kier molecular flexibility index (Phi) is 1.95. The van der Waals surface area contributed by atoms with Crippen LogP contribution in [-0.2, 0) is 4.79 Å². The van der Waals surface area contributed by atoms with Crippen LogP contribution in [0.2, 0.25) is 0 Å². The van der Waals surface area contributed by atoms with Crippen LogP contribution in [0, 0.1) is 11.3 Å². The maximum Gasteiger partial charge on any atom is 0.133 e. The fourth-order valence-corrected chi connectivity index (χ4v) is 2.63. The predicted molar refractivity (Wildman–Crippen MR) is 47.9 cm³/mol. The van der Waals surface area contributed by atoms with Crippen molar-refractivity contribution in [3.05, 3.63) is 0 Å². The molecule has 2 fully saturated rings. The Hall–Kier alpha value is -0.370. The fraction of sp³-hybridized carbons (Fsp3) is 0.900. The maximum atomic E-state index is 11.2. The third kappa shape index (κ3) is 1.28. The molecule has 1 N–H and O–H groups in total. The summed E-state index contributed by atoms with van der Waals surface area (Å²) in [6.45, 7) is 4.01. The van der Waals surface area contributed by atoms with Gasteiger partial charge in [-0.15, -0.1) is 0 Å². The zero-order chi connectivity index (χ0) is 8.60. The van der Waals surface area contributed by atoms with E-state index in [0.717, 1.165) is 13.1 Å². The van der Waals surface area contributed by atoms with Crippen molar-refractivity contribution in [3.8, 4) is 0 Å². The number of hydrogen-bond acceptors (Lipinski definition) is 2. The first kappa shape index (κ1) is 8.24. The van der Waals surface area contributed by atoms with Crippen LogP contribution in [0.4, 0.5) is 0 Å². The molecule has 68 valence electrons. The third-order valence-corrected chi connectivity index (χ3v) is 3.51. The normalized spacial score (nSPS) is 40.9. The Bertz CT molecular complexity index is 192. The molecule has 1 aliphatic heterocycles. The molecule has 0 radical (unpaired) electrons. The van der Waals surface area contributed by atoms with Gasteiger partial charge in [-0.3, -0.25) is 4.79 Å². The van der Waals surface area contributed by atoms with Crippen LogP contribution < -0.4 is 5.32 Å². The summed E-state index contributed by atoms with van der Waals surface area (Å²) in [6.07, 6.45) is 4.91. The Morgan fingerprint density at radius 1 is 1.42 bits per heavy atom. The molecule has 1 aliphatic carbocycles. The molecule has 2 heteroatoms. The lowest BCUT2D eigenvalue weighted by atomic mass is 9.93.